The molecule has 3 aliphatic rings. The van der Waals surface area contributed by atoms with E-state index in [4.69, 9.17) is 5.14 Å². The molecule has 0 aliphatic heterocycles. The zero-order chi connectivity index (χ0) is 34.6. The number of hydrogen-bond acceptors (Lipinski definition) is 8. The molecule has 5 atom stereocenters. The Kier molecular flexibility index (Phi) is 16.4. The van der Waals surface area contributed by atoms with Crippen molar-refractivity contribution in [1.82, 2.24) is 20.1 Å². The smallest absolute Gasteiger partial charge is 0.225 e. The van der Waals surface area contributed by atoms with Crippen molar-refractivity contribution in [3.63, 3.8) is 0 Å². The molecule has 5 N–H and O–H groups in total. The summed E-state index contributed by atoms with van der Waals surface area (Å²) in [6.07, 6.45) is 11.7. The number of hydrazine groups is 1. The van der Waals surface area contributed by atoms with Gasteiger partial charge in [0.15, 0.2) is 0 Å². The fraction of sp³-hybridized carbons (Fsp3) is 0.939. The number of nitrogens with one attached hydrogen (secondary N) is 2. The summed E-state index contributed by atoms with van der Waals surface area (Å²) >= 11 is 0. The average Bonchev–Trinajstić information content (AvgIpc) is 3.03. The molecule has 14 heteroatoms. The van der Waals surface area contributed by atoms with E-state index in [0.29, 0.717) is 32.0 Å². The predicted molar refractivity (Wildman–Crippen MR) is 185 cm³/mol. The zero-order valence-electron chi connectivity index (χ0n) is 29.1. The average molecular weight is 706 g/mol. The third-order valence-electron chi connectivity index (χ3n) is 10.5. The van der Waals surface area contributed by atoms with Crippen molar-refractivity contribution in [3.05, 3.63) is 0 Å². The van der Waals surface area contributed by atoms with Gasteiger partial charge in [-0.15, -0.1) is 4.83 Å². The van der Waals surface area contributed by atoms with Gasteiger partial charge in [-0.3, -0.25) is 9.59 Å². The number of aliphatic hydroxyl groups excluding tert-OH is 1. The Hall–Kier alpha value is -1.32. The van der Waals surface area contributed by atoms with Crippen LogP contribution in [0.2, 0.25) is 0 Å². The topological polar surface area (TPSA) is 179 Å². The first-order valence-electron chi connectivity index (χ1n) is 18.3. The second-order valence-electron chi connectivity index (χ2n) is 14.5. The van der Waals surface area contributed by atoms with Gasteiger partial charge >= 0.3 is 0 Å². The second kappa shape index (κ2) is 19.2. The van der Waals surface area contributed by atoms with Crippen LogP contribution in [-0.2, 0) is 29.6 Å². The van der Waals surface area contributed by atoms with E-state index in [0.717, 1.165) is 77.0 Å². The Morgan fingerprint density at radius 1 is 0.830 bits per heavy atom. The van der Waals surface area contributed by atoms with Gasteiger partial charge in [-0.05, 0) is 63.2 Å². The summed E-state index contributed by atoms with van der Waals surface area (Å²) in [7, 11) is -7.60. The van der Waals surface area contributed by atoms with Crippen molar-refractivity contribution in [2.45, 2.75) is 141 Å². The van der Waals surface area contributed by atoms with Crippen LogP contribution in [0.15, 0.2) is 0 Å². The van der Waals surface area contributed by atoms with E-state index in [1.807, 2.05) is 20.8 Å². The highest BCUT2D eigenvalue weighted by Crippen LogP contribution is 2.35. The van der Waals surface area contributed by atoms with E-state index in [1.165, 1.54) is 5.01 Å². The minimum absolute atomic E-state index is 0.00730. The minimum Gasteiger partial charge on any atom is -0.390 e. The van der Waals surface area contributed by atoms with Crippen LogP contribution in [0.1, 0.15) is 124 Å². The van der Waals surface area contributed by atoms with Crippen molar-refractivity contribution in [1.29, 1.82) is 0 Å². The Labute approximate surface area is 284 Å². The number of likely N-dealkylation sites (N-methyl/N-ethyl adjacent to an activating group) is 1. The maximum absolute atomic E-state index is 13.9. The number of hydrogen-bond donors (Lipinski definition) is 4. The molecule has 3 rings (SSSR count). The Balaban J connectivity index is 1.75. The van der Waals surface area contributed by atoms with Crippen LogP contribution < -0.4 is 15.3 Å². The summed E-state index contributed by atoms with van der Waals surface area (Å²) in [6, 6.07) is -0.664. The largest absolute Gasteiger partial charge is 0.390 e. The van der Waals surface area contributed by atoms with Gasteiger partial charge in [0.1, 0.15) is 0 Å². The van der Waals surface area contributed by atoms with Crippen molar-refractivity contribution in [2.24, 2.45) is 28.8 Å². The number of carbonyl (C=O) groups is 2. The Bertz CT molecular complexity index is 1180. The molecule has 0 heterocycles. The quantitative estimate of drug-likeness (QED) is 0.157. The molecule has 0 aromatic heterocycles. The highest BCUT2D eigenvalue weighted by atomic mass is 32.2. The lowest BCUT2D eigenvalue weighted by Crippen LogP contribution is -2.55. The molecule has 3 aliphatic carbocycles. The highest BCUT2D eigenvalue weighted by molar-refractivity contribution is 7.89. The van der Waals surface area contributed by atoms with Gasteiger partial charge in [0, 0.05) is 38.0 Å². The van der Waals surface area contributed by atoms with Gasteiger partial charge in [-0.25, -0.2) is 27.0 Å². The molecule has 12 nitrogen and oxygen atoms in total. The van der Waals surface area contributed by atoms with Gasteiger partial charge in [-0.2, -0.15) is 0 Å². The highest BCUT2D eigenvalue weighted by Gasteiger charge is 2.42. The van der Waals surface area contributed by atoms with Crippen LogP contribution in [0, 0.1) is 23.7 Å². The third kappa shape index (κ3) is 13.1. The third-order valence-corrected chi connectivity index (χ3v) is 13.2. The molecule has 2 amide bonds. The van der Waals surface area contributed by atoms with Crippen molar-refractivity contribution < 1.29 is 31.5 Å². The lowest BCUT2D eigenvalue weighted by molar-refractivity contribution is -0.138. The van der Waals surface area contributed by atoms with Crippen LogP contribution in [0.5, 0.6) is 0 Å². The molecule has 3 fully saturated rings. The minimum atomic E-state index is -4.00. The Morgan fingerprint density at radius 2 is 1.38 bits per heavy atom. The summed E-state index contributed by atoms with van der Waals surface area (Å²) < 4.78 is 51.2. The molecule has 0 spiro atoms. The van der Waals surface area contributed by atoms with E-state index in [9.17, 15) is 31.5 Å². The van der Waals surface area contributed by atoms with E-state index in [2.05, 4.69) is 10.1 Å². The number of amides is 2. The molecule has 0 aromatic rings. The van der Waals surface area contributed by atoms with Gasteiger partial charge in [0.2, 0.25) is 31.9 Å². The number of nitrogens with two attached hydrogens (primary N) is 1. The molecule has 47 heavy (non-hydrogen) atoms. The first-order chi connectivity index (χ1) is 22.3. The molecule has 0 aromatic carbocycles. The summed E-state index contributed by atoms with van der Waals surface area (Å²) in [5.74, 6) is -1.45. The SMILES string of the molecule is CCCN(CCC)C(=O)C1CC(C(=O)NC(CC2CCCCC2)C(O)CN(CC)NS(=O)(=O)CC2CCCCC2)CC(S(N)(=O)=O)C1. The predicted octanol–water partition coefficient (Wildman–Crippen LogP) is 3.26. The first kappa shape index (κ1) is 40.1. The number of aliphatic hydroxyl groups is 1. The normalized spacial score (nSPS) is 24.9. The van der Waals surface area contributed by atoms with Crippen molar-refractivity contribution in [3.8, 4) is 0 Å². The molecule has 0 saturated heterocycles. The maximum Gasteiger partial charge on any atom is 0.225 e. The van der Waals surface area contributed by atoms with Gasteiger partial charge in [0.25, 0.3) is 0 Å². The number of primary sulfonamides is 1. The Morgan fingerprint density at radius 3 is 1.91 bits per heavy atom. The van der Waals surface area contributed by atoms with Crippen LogP contribution in [-0.4, -0.2) is 93.0 Å². The molecule has 0 bridgehead atoms. The number of nitrogens with zero attached hydrogens (tertiary/aromatic N) is 2. The van der Waals surface area contributed by atoms with Crippen LogP contribution in [0.25, 0.3) is 0 Å². The van der Waals surface area contributed by atoms with Gasteiger partial charge in [-0.1, -0.05) is 72.1 Å². The lowest BCUT2D eigenvalue weighted by atomic mass is 9.79. The summed E-state index contributed by atoms with van der Waals surface area (Å²) in [5, 5.41) is 20.7. The molecule has 5 unspecified atom stereocenters. The van der Waals surface area contributed by atoms with Crippen LogP contribution in [0.3, 0.4) is 0 Å². The summed E-state index contributed by atoms with van der Waals surface area (Å²) in [5.41, 5.74) is 0. The number of sulfonamides is 2. The van der Waals surface area contributed by atoms with E-state index < -0.39 is 55.2 Å². The van der Waals surface area contributed by atoms with E-state index in [1.54, 1.807) is 4.90 Å². The van der Waals surface area contributed by atoms with Crippen LogP contribution in [0.4, 0.5) is 0 Å². The molecular formula is C33H63N5O7S2. The first-order valence-corrected chi connectivity index (χ1v) is 21.6. The summed E-state index contributed by atoms with van der Waals surface area (Å²) in [6.45, 7) is 7.24. The van der Waals surface area contributed by atoms with Gasteiger partial charge in [0.05, 0.1) is 23.1 Å². The molecular weight excluding hydrogens is 643 g/mol. The van der Waals surface area contributed by atoms with Crippen molar-refractivity contribution >= 4 is 31.9 Å². The van der Waals surface area contributed by atoms with E-state index in [-0.39, 0.29) is 43.4 Å². The lowest BCUT2D eigenvalue weighted by Gasteiger charge is -2.37. The van der Waals surface area contributed by atoms with Crippen molar-refractivity contribution in [2.75, 3.05) is 31.9 Å². The number of carbonyl (C=O) groups excluding carboxylic acids is 2. The fourth-order valence-corrected chi connectivity index (χ4v) is 10.6. The fourth-order valence-electron chi connectivity index (χ4n) is 7.96. The van der Waals surface area contributed by atoms with Crippen LogP contribution >= 0.6 is 0 Å². The number of rotatable bonds is 18. The molecule has 274 valence electrons. The molecule has 3 saturated carbocycles. The molecule has 0 radical (unpaired) electrons. The van der Waals surface area contributed by atoms with E-state index >= 15 is 0 Å². The standard InChI is InChI=1S/C33H63N5O7S2/c1-4-17-37(18-5-2)33(41)28-20-27(21-29(22-28)47(34,44)45)32(40)35-30(19-25-13-9-7-10-14-25)31(39)23-38(6-3)36-46(42,43)24-26-15-11-8-12-16-26/h25-31,36,39H,4-24H2,1-3H3,(H,35,40)(H2,34,44,45). The maximum atomic E-state index is 13.9. The summed E-state index contributed by atoms with van der Waals surface area (Å²) in [4.78, 5) is 31.9. The monoisotopic (exact) mass is 705 g/mol. The van der Waals surface area contributed by atoms with Gasteiger partial charge < -0.3 is 15.3 Å². The second-order valence-corrected chi connectivity index (χ2v) is 18.1. The zero-order valence-corrected chi connectivity index (χ0v) is 30.7.